The van der Waals surface area contributed by atoms with E-state index in [0.29, 0.717) is 0 Å². The number of ether oxygens (including phenoxy) is 1. The van der Waals surface area contributed by atoms with E-state index in [-0.39, 0.29) is 23.4 Å². The Morgan fingerprint density at radius 3 is 2.52 bits per heavy atom. The number of benzene rings is 1. The van der Waals surface area contributed by atoms with Gasteiger partial charge in [0, 0.05) is 11.6 Å². The minimum absolute atomic E-state index is 0.0489. The smallest absolute Gasteiger partial charge is 0.305 e. The van der Waals surface area contributed by atoms with Gasteiger partial charge < -0.3 is 15.2 Å². The van der Waals surface area contributed by atoms with E-state index < -0.39 is 22.3 Å². The van der Waals surface area contributed by atoms with Crippen molar-refractivity contribution in [2.75, 3.05) is 7.11 Å². The number of amides is 1. The highest BCUT2D eigenvalue weighted by Crippen LogP contribution is 2.25. The second kappa shape index (κ2) is 6.21. The number of nitro groups is 1. The van der Waals surface area contributed by atoms with Crippen molar-refractivity contribution in [2.45, 2.75) is 25.8 Å². The summed E-state index contributed by atoms with van der Waals surface area (Å²) >= 11 is 0. The number of carbonyl (C=O) groups is 2. The Morgan fingerprint density at radius 1 is 1.43 bits per heavy atom. The number of carboxylic acids is 1. The van der Waals surface area contributed by atoms with Crippen molar-refractivity contribution in [3.63, 3.8) is 0 Å². The third-order valence-corrected chi connectivity index (χ3v) is 2.69. The van der Waals surface area contributed by atoms with E-state index >= 15 is 0 Å². The first-order chi connectivity index (χ1) is 9.66. The molecule has 0 aliphatic carbocycles. The summed E-state index contributed by atoms with van der Waals surface area (Å²) in [5.41, 5.74) is -1.06. The van der Waals surface area contributed by atoms with E-state index in [1.54, 1.807) is 13.8 Å². The first-order valence-electron chi connectivity index (χ1n) is 6.03. The lowest BCUT2D eigenvalue weighted by Gasteiger charge is -2.24. The first kappa shape index (κ1) is 16.4. The van der Waals surface area contributed by atoms with Crippen molar-refractivity contribution in [3.05, 3.63) is 33.9 Å². The summed E-state index contributed by atoms with van der Waals surface area (Å²) in [4.78, 5) is 33.0. The predicted molar refractivity (Wildman–Crippen MR) is 73.4 cm³/mol. The number of methoxy groups -OCH3 is 1. The van der Waals surface area contributed by atoms with Gasteiger partial charge in [0.2, 0.25) is 0 Å². The number of rotatable bonds is 6. The maximum absolute atomic E-state index is 12.1. The quantitative estimate of drug-likeness (QED) is 0.607. The number of carboxylic acid groups (broad SMARTS) is 1. The molecule has 0 unspecified atom stereocenters. The zero-order chi connectivity index (χ0) is 16.2. The summed E-state index contributed by atoms with van der Waals surface area (Å²) in [6.07, 6.45) is -0.256. The second-order valence-electron chi connectivity index (χ2n) is 5.05. The van der Waals surface area contributed by atoms with Crippen LogP contribution >= 0.6 is 0 Å². The van der Waals surface area contributed by atoms with Crippen LogP contribution in [0.5, 0.6) is 5.75 Å². The van der Waals surface area contributed by atoms with Crippen LogP contribution in [0.3, 0.4) is 0 Å². The van der Waals surface area contributed by atoms with Crippen molar-refractivity contribution >= 4 is 17.6 Å². The number of carbonyl (C=O) groups excluding carboxylic acids is 1. The average molecular weight is 296 g/mol. The summed E-state index contributed by atoms with van der Waals surface area (Å²) in [5, 5.41) is 22.0. The van der Waals surface area contributed by atoms with Crippen LogP contribution in [0, 0.1) is 10.1 Å². The molecule has 8 nitrogen and oxygen atoms in total. The average Bonchev–Trinajstić information content (AvgIpc) is 2.35. The fraction of sp³-hybridized carbons (Fsp3) is 0.385. The summed E-state index contributed by atoms with van der Waals surface area (Å²) in [6, 6.07) is 3.59. The van der Waals surface area contributed by atoms with Gasteiger partial charge in [-0.25, -0.2) is 0 Å². The lowest BCUT2D eigenvalue weighted by Crippen LogP contribution is -2.45. The molecular weight excluding hydrogens is 280 g/mol. The monoisotopic (exact) mass is 296 g/mol. The van der Waals surface area contributed by atoms with Crippen LogP contribution in [-0.2, 0) is 4.79 Å². The van der Waals surface area contributed by atoms with Crippen molar-refractivity contribution in [1.82, 2.24) is 5.32 Å². The number of nitrogens with zero attached hydrogens (tertiary/aromatic N) is 1. The zero-order valence-corrected chi connectivity index (χ0v) is 11.9. The Balaban J connectivity index is 3.02. The maximum Gasteiger partial charge on any atom is 0.305 e. The first-order valence-corrected chi connectivity index (χ1v) is 6.03. The zero-order valence-electron chi connectivity index (χ0n) is 11.9. The van der Waals surface area contributed by atoms with E-state index in [0.717, 1.165) is 6.07 Å². The largest absolute Gasteiger partial charge is 0.496 e. The molecule has 0 radical (unpaired) electrons. The van der Waals surface area contributed by atoms with Gasteiger partial charge in [0.1, 0.15) is 5.75 Å². The topological polar surface area (TPSA) is 119 Å². The van der Waals surface area contributed by atoms with Gasteiger partial charge in [-0.1, -0.05) is 0 Å². The van der Waals surface area contributed by atoms with Gasteiger partial charge in [-0.3, -0.25) is 19.7 Å². The van der Waals surface area contributed by atoms with Gasteiger partial charge >= 0.3 is 5.97 Å². The highest BCUT2D eigenvalue weighted by atomic mass is 16.6. The van der Waals surface area contributed by atoms with Gasteiger partial charge in [-0.05, 0) is 19.9 Å². The highest BCUT2D eigenvalue weighted by molar-refractivity contribution is 5.98. The van der Waals surface area contributed by atoms with E-state index in [2.05, 4.69) is 5.32 Å². The molecule has 0 spiro atoms. The molecular formula is C13H16N2O6. The molecule has 114 valence electrons. The molecule has 0 saturated carbocycles. The summed E-state index contributed by atoms with van der Waals surface area (Å²) < 4.78 is 4.97. The number of non-ortho nitro benzene ring substituents is 1. The van der Waals surface area contributed by atoms with Crippen molar-refractivity contribution < 1.29 is 24.4 Å². The summed E-state index contributed by atoms with van der Waals surface area (Å²) in [6.45, 7) is 3.13. The van der Waals surface area contributed by atoms with Crippen LogP contribution < -0.4 is 10.1 Å². The van der Waals surface area contributed by atoms with E-state index in [1.165, 1.54) is 19.2 Å². The van der Waals surface area contributed by atoms with Crippen LogP contribution in [0.15, 0.2) is 18.2 Å². The van der Waals surface area contributed by atoms with Crippen molar-refractivity contribution in [2.24, 2.45) is 0 Å². The molecule has 1 amide bonds. The minimum atomic E-state index is -1.05. The van der Waals surface area contributed by atoms with Gasteiger partial charge in [-0.2, -0.15) is 0 Å². The molecule has 0 heterocycles. The van der Waals surface area contributed by atoms with Gasteiger partial charge in [0.05, 0.1) is 30.1 Å². The highest BCUT2D eigenvalue weighted by Gasteiger charge is 2.26. The fourth-order valence-corrected chi connectivity index (χ4v) is 1.78. The van der Waals surface area contributed by atoms with E-state index in [1.807, 2.05) is 0 Å². The molecule has 2 N–H and O–H groups in total. The molecule has 0 aromatic heterocycles. The third kappa shape index (κ3) is 4.44. The Hall–Kier alpha value is -2.64. The molecule has 0 saturated heterocycles. The number of hydrogen-bond donors (Lipinski definition) is 2. The Labute approximate surface area is 120 Å². The predicted octanol–water partition coefficient (Wildman–Crippen LogP) is 1.59. The SMILES string of the molecule is COc1cc([N+](=O)[O-])ccc1C(=O)NC(C)(C)CC(=O)O. The molecule has 21 heavy (non-hydrogen) atoms. The van der Waals surface area contributed by atoms with Crippen LogP contribution in [0.1, 0.15) is 30.6 Å². The Morgan fingerprint density at radius 2 is 2.05 bits per heavy atom. The van der Waals surface area contributed by atoms with Crippen molar-refractivity contribution in [1.29, 1.82) is 0 Å². The number of aliphatic carboxylic acids is 1. The molecule has 1 aromatic rings. The third-order valence-electron chi connectivity index (χ3n) is 2.69. The molecule has 0 bridgehead atoms. The number of nitrogens with one attached hydrogen (secondary N) is 1. The molecule has 0 fully saturated rings. The summed E-state index contributed by atoms with van der Waals surface area (Å²) in [7, 11) is 1.29. The molecule has 1 aromatic carbocycles. The maximum atomic E-state index is 12.1. The lowest BCUT2D eigenvalue weighted by atomic mass is 10.00. The van der Waals surface area contributed by atoms with Crippen LogP contribution in [0.25, 0.3) is 0 Å². The lowest BCUT2D eigenvalue weighted by molar-refractivity contribution is -0.384. The molecule has 0 aliphatic rings. The van der Waals surface area contributed by atoms with Crippen LogP contribution in [0.4, 0.5) is 5.69 Å². The van der Waals surface area contributed by atoms with Gasteiger partial charge in [0.25, 0.3) is 11.6 Å². The van der Waals surface area contributed by atoms with Crippen LogP contribution in [0.2, 0.25) is 0 Å². The van der Waals surface area contributed by atoms with E-state index in [4.69, 9.17) is 9.84 Å². The molecule has 0 atom stereocenters. The molecule has 0 aliphatic heterocycles. The summed E-state index contributed by atoms with van der Waals surface area (Å²) in [5.74, 6) is -1.56. The van der Waals surface area contributed by atoms with Gasteiger partial charge in [-0.15, -0.1) is 0 Å². The molecule has 8 heteroatoms. The minimum Gasteiger partial charge on any atom is -0.496 e. The number of hydrogen-bond acceptors (Lipinski definition) is 5. The Bertz CT molecular complexity index is 582. The number of nitro benzene ring substituents is 1. The fourth-order valence-electron chi connectivity index (χ4n) is 1.78. The molecule has 1 rings (SSSR count). The van der Waals surface area contributed by atoms with Crippen LogP contribution in [-0.4, -0.2) is 34.6 Å². The Kier molecular flexibility index (Phi) is 4.85. The van der Waals surface area contributed by atoms with Gasteiger partial charge in [0.15, 0.2) is 0 Å². The second-order valence-corrected chi connectivity index (χ2v) is 5.05. The van der Waals surface area contributed by atoms with Crippen molar-refractivity contribution in [3.8, 4) is 5.75 Å². The normalized spacial score (nSPS) is 10.8. The van der Waals surface area contributed by atoms with E-state index in [9.17, 15) is 19.7 Å². The standard InChI is InChI=1S/C13H16N2O6/c1-13(2,7-11(16)17)14-12(18)9-5-4-8(15(19)20)6-10(9)21-3/h4-6H,7H2,1-3H3,(H,14,18)(H,16,17).